The minimum absolute atomic E-state index is 0.230. The second-order valence-electron chi connectivity index (χ2n) is 6.33. The highest BCUT2D eigenvalue weighted by Crippen LogP contribution is 2.20. The van der Waals surface area contributed by atoms with E-state index in [9.17, 15) is 4.39 Å². The summed E-state index contributed by atoms with van der Waals surface area (Å²) in [5, 5.41) is 0. The highest BCUT2D eigenvalue weighted by molar-refractivity contribution is 5.64. The van der Waals surface area contributed by atoms with Crippen molar-refractivity contribution in [1.29, 1.82) is 0 Å². The largest absolute Gasteiger partial charge is 0.341 e. The van der Waals surface area contributed by atoms with E-state index in [1.807, 2.05) is 24.3 Å². The first-order chi connectivity index (χ1) is 12.7. The molecule has 3 rings (SSSR count). The fourth-order valence-electron chi connectivity index (χ4n) is 2.70. The van der Waals surface area contributed by atoms with Crippen LogP contribution in [0.5, 0.6) is 0 Å². The van der Waals surface area contributed by atoms with E-state index in [-0.39, 0.29) is 5.82 Å². The molecule has 2 aromatic carbocycles. The normalized spacial score (nSPS) is 19.9. The Kier molecular flexibility index (Phi) is 6.60. The fraction of sp³-hybridized carbons (Fsp3) is 0.304. The first kappa shape index (κ1) is 18.4. The average Bonchev–Trinajstić information content (AvgIpc) is 2.69. The first-order valence-electron chi connectivity index (χ1n) is 9.02. The maximum atomic E-state index is 13.0. The second-order valence-corrected chi connectivity index (χ2v) is 6.33. The Morgan fingerprint density at radius 3 is 2.23 bits per heavy atom. The van der Waals surface area contributed by atoms with Gasteiger partial charge in [0, 0.05) is 11.5 Å². The summed E-state index contributed by atoms with van der Waals surface area (Å²) in [6.45, 7) is 3.45. The van der Waals surface area contributed by atoms with Crippen LogP contribution >= 0.6 is 0 Å². The van der Waals surface area contributed by atoms with Crippen molar-refractivity contribution in [2.24, 2.45) is 5.92 Å². The summed E-state index contributed by atoms with van der Waals surface area (Å²) in [6.07, 6.45) is 6.13. The Bertz CT molecular complexity index is 774. The van der Waals surface area contributed by atoms with Gasteiger partial charge in [-0.1, -0.05) is 55.7 Å². The van der Waals surface area contributed by atoms with E-state index >= 15 is 0 Å². The summed E-state index contributed by atoms with van der Waals surface area (Å²) in [7, 11) is 0. The predicted molar refractivity (Wildman–Crippen MR) is 102 cm³/mol. The summed E-state index contributed by atoms with van der Waals surface area (Å²) >= 11 is 0. The van der Waals surface area contributed by atoms with E-state index < -0.39 is 6.29 Å². The van der Waals surface area contributed by atoms with Gasteiger partial charge in [0.2, 0.25) is 6.29 Å². The van der Waals surface area contributed by atoms with Crippen molar-refractivity contribution in [3.63, 3.8) is 0 Å². The van der Waals surface area contributed by atoms with Gasteiger partial charge in [0.05, 0.1) is 13.2 Å². The Morgan fingerprint density at radius 2 is 1.62 bits per heavy atom. The van der Waals surface area contributed by atoms with E-state index in [0.717, 1.165) is 29.5 Å². The molecule has 26 heavy (non-hydrogen) atoms. The fourth-order valence-corrected chi connectivity index (χ4v) is 2.70. The van der Waals surface area contributed by atoms with Crippen LogP contribution in [-0.4, -0.2) is 19.5 Å². The lowest BCUT2D eigenvalue weighted by atomic mass is 10.0. The van der Waals surface area contributed by atoms with Crippen LogP contribution in [0.25, 0.3) is 11.1 Å². The van der Waals surface area contributed by atoms with Crippen LogP contribution in [0.3, 0.4) is 0 Å². The van der Waals surface area contributed by atoms with E-state index in [4.69, 9.17) is 9.47 Å². The molecule has 0 bridgehead atoms. The van der Waals surface area contributed by atoms with Gasteiger partial charge in [-0.05, 0) is 47.7 Å². The summed E-state index contributed by atoms with van der Waals surface area (Å²) in [5.74, 6) is 6.20. The van der Waals surface area contributed by atoms with Crippen LogP contribution in [0.4, 0.5) is 4.39 Å². The molecule has 0 N–H and O–H groups in total. The van der Waals surface area contributed by atoms with Crippen molar-refractivity contribution in [2.45, 2.75) is 26.1 Å². The molecule has 1 heterocycles. The molecular formula is C23H23FO2. The third-order valence-corrected chi connectivity index (χ3v) is 4.18. The van der Waals surface area contributed by atoms with Crippen LogP contribution < -0.4 is 0 Å². The van der Waals surface area contributed by atoms with Crippen molar-refractivity contribution in [3.8, 4) is 23.0 Å². The van der Waals surface area contributed by atoms with Gasteiger partial charge in [-0.2, -0.15) is 0 Å². The molecule has 0 radical (unpaired) electrons. The Morgan fingerprint density at radius 1 is 1.00 bits per heavy atom. The van der Waals surface area contributed by atoms with E-state index in [2.05, 4.69) is 30.9 Å². The van der Waals surface area contributed by atoms with Crippen LogP contribution in [-0.2, 0) is 9.47 Å². The van der Waals surface area contributed by atoms with Crippen molar-refractivity contribution in [1.82, 2.24) is 0 Å². The van der Waals surface area contributed by atoms with Crippen molar-refractivity contribution in [2.75, 3.05) is 13.2 Å². The lowest BCUT2D eigenvalue weighted by molar-refractivity contribution is -0.160. The van der Waals surface area contributed by atoms with Gasteiger partial charge in [-0.25, -0.2) is 4.39 Å². The highest BCUT2D eigenvalue weighted by Gasteiger charge is 2.18. The predicted octanol–water partition coefficient (Wildman–Crippen LogP) is 5.19. The molecule has 1 aliphatic heterocycles. The number of rotatable bonds is 4. The maximum absolute atomic E-state index is 13.0. The Hall–Kier alpha value is -2.41. The lowest BCUT2D eigenvalue weighted by Crippen LogP contribution is -2.30. The number of unbranched alkanes of at least 4 members (excludes halogenated alkanes) is 1. The molecule has 2 nitrogen and oxygen atoms in total. The third kappa shape index (κ3) is 5.29. The highest BCUT2D eigenvalue weighted by atomic mass is 19.1. The third-order valence-electron chi connectivity index (χ3n) is 4.18. The van der Waals surface area contributed by atoms with Crippen LogP contribution in [0.2, 0.25) is 0 Å². The summed E-state index contributed by atoms with van der Waals surface area (Å²) < 4.78 is 24.3. The molecule has 0 amide bonds. The molecule has 0 aliphatic carbocycles. The molecule has 1 aliphatic rings. The van der Waals surface area contributed by atoms with E-state index in [0.29, 0.717) is 19.1 Å². The number of ether oxygens (including phenoxy) is 2. The van der Waals surface area contributed by atoms with E-state index in [1.165, 1.54) is 12.1 Å². The topological polar surface area (TPSA) is 18.5 Å². The SMILES string of the molecule is CCCC=C[C@H]1CO[C@H](C#Cc2ccc(-c3ccc(F)cc3)cc2)OC1. The smallest absolute Gasteiger partial charge is 0.222 e. The molecule has 1 fully saturated rings. The van der Waals surface area contributed by atoms with Crippen LogP contribution in [0.1, 0.15) is 25.3 Å². The summed E-state index contributed by atoms with van der Waals surface area (Å²) in [4.78, 5) is 0. The lowest BCUT2D eigenvalue weighted by Gasteiger charge is -2.24. The first-order valence-corrected chi connectivity index (χ1v) is 9.02. The molecule has 0 unspecified atom stereocenters. The molecule has 0 saturated carbocycles. The number of hydrogen-bond donors (Lipinski definition) is 0. The summed E-state index contributed by atoms with van der Waals surface area (Å²) in [5.41, 5.74) is 2.91. The number of hydrogen-bond acceptors (Lipinski definition) is 2. The van der Waals surface area contributed by atoms with Gasteiger partial charge in [0.15, 0.2) is 0 Å². The van der Waals surface area contributed by atoms with Gasteiger partial charge < -0.3 is 9.47 Å². The van der Waals surface area contributed by atoms with Crippen molar-refractivity contribution >= 4 is 0 Å². The molecule has 3 heteroatoms. The number of allylic oxidation sites excluding steroid dienone is 1. The van der Waals surface area contributed by atoms with Crippen molar-refractivity contribution in [3.05, 3.63) is 72.1 Å². The monoisotopic (exact) mass is 350 g/mol. The number of benzene rings is 2. The minimum atomic E-state index is -0.470. The molecule has 0 spiro atoms. The Balaban J connectivity index is 1.55. The molecule has 1 saturated heterocycles. The molecule has 2 aromatic rings. The quantitative estimate of drug-likeness (QED) is 0.558. The van der Waals surface area contributed by atoms with Gasteiger partial charge in [0.1, 0.15) is 5.82 Å². The molecule has 134 valence electrons. The number of halogens is 1. The Labute approximate surface area is 154 Å². The standard InChI is InChI=1S/C23H23FO2/c1-2-3-4-5-19-16-25-23(26-17-19)15-8-18-6-9-20(10-7-18)21-11-13-22(24)14-12-21/h4-7,9-14,19,23H,2-3,16-17H2,1H3/t19-,23-. The van der Waals surface area contributed by atoms with E-state index in [1.54, 1.807) is 12.1 Å². The van der Waals surface area contributed by atoms with Gasteiger partial charge >= 0.3 is 0 Å². The summed E-state index contributed by atoms with van der Waals surface area (Å²) in [6, 6.07) is 14.3. The zero-order valence-corrected chi connectivity index (χ0v) is 15.0. The van der Waals surface area contributed by atoms with Gasteiger partial charge in [-0.15, -0.1) is 0 Å². The maximum Gasteiger partial charge on any atom is 0.222 e. The molecular weight excluding hydrogens is 327 g/mol. The second kappa shape index (κ2) is 9.33. The zero-order valence-electron chi connectivity index (χ0n) is 15.0. The molecule has 0 aromatic heterocycles. The molecule has 0 atom stereocenters. The zero-order chi connectivity index (χ0) is 18.2. The average molecular weight is 350 g/mol. The van der Waals surface area contributed by atoms with Crippen LogP contribution in [0.15, 0.2) is 60.7 Å². The van der Waals surface area contributed by atoms with Gasteiger partial charge in [0.25, 0.3) is 0 Å². The minimum Gasteiger partial charge on any atom is -0.341 e. The van der Waals surface area contributed by atoms with Gasteiger partial charge in [-0.3, -0.25) is 0 Å². The van der Waals surface area contributed by atoms with Crippen molar-refractivity contribution < 1.29 is 13.9 Å². The van der Waals surface area contributed by atoms with Crippen LogP contribution in [0, 0.1) is 23.6 Å².